The Kier molecular flexibility index (Phi) is 5.61. The molecule has 0 aromatic heterocycles. The van der Waals surface area contributed by atoms with Crippen molar-refractivity contribution in [1.82, 2.24) is 0 Å². The molecule has 3 aromatic carbocycles. The van der Waals surface area contributed by atoms with Crippen molar-refractivity contribution in [2.75, 3.05) is 11.5 Å². The number of nitrogens with two attached hydrogens (primary N) is 2. The van der Waals surface area contributed by atoms with Gasteiger partial charge in [0.25, 0.3) is 0 Å². The van der Waals surface area contributed by atoms with Crippen LogP contribution in [0.3, 0.4) is 0 Å². The summed E-state index contributed by atoms with van der Waals surface area (Å²) in [6.07, 6.45) is 0. The number of carbonyl (C=O) groups is 4. The number of benzene rings is 3. The largest absolute Gasteiger partial charge is 0.405 e. The number of aliphatic imine (C=N–C) groups is 2. The highest BCUT2D eigenvalue weighted by Crippen LogP contribution is 2.24. The number of cyclic esters (lactones) is 2. The Morgan fingerprint density at radius 2 is 0.972 bits per heavy atom. The van der Waals surface area contributed by atoms with E-state index >= 15 is 0 Å². The molecular formula is C26H18N4O6. The lowest BCUT2D eigenvalue weighted by Gasteiger charge is -2.10. The quantitative estimate of drug-likeness (QED) is 0.233. The molecule has 36 heavy (non-hydrogen) atoms. The van der Waals surface area contributed by atoms with Gasteiger partial charge >= 0.3 is 11.9 Å². The van der Waals surface area contributed by atoms with E-state index in [0.29, 0.717) is 22.5 Å². The van der Waals surface area contributed by atoms with Crippen molar-refractivity contribution in [3.05, 3.63) is 95.1 Å². The molecule has 2 unspecified atom stereocenters. The maximum absolute atomic E-state index is 13.3. The first-order valence-electron chi connectivity index (χ1n) is 10.8. The molecule has 2 atom stereocenters. The Bertz CT molecular complexity index is 1360. The molecule has 0 radical (unpaired) electrons. The van der Waals surface area contributed by atoms with E-state index in [2.05, 4.69) is 9.98 Å². The van der Waals surface area contributed by atoms with Crippen molar-refractivity contribution in [2.45, 2.75) is 12.1 Å². The van der Waals surface area contributed by atoms with E-state index in [9.17, 15) is 19.2 Å². The number of carbonyl (C=O) groups excluding carboxylic acids is 4. The van der Waals surface area contributed by atoms with Crippen molar-refractivity contribution in [3.8, 4) is 0 Å². The van der Waals surface area contributed by atoms with Crippen LogP contribution in [0.1, 0.15) is 31.8 Å². The van der Waals surface area contributed by atoms with Gasteiger partial charge in [0.05, 0.1) is 0 Å². The summed E-state index contributed by atoms with van der Waals surface area (Å²) in [7, 11) is 0. The summed E-state index contributed by atoms with van der Waals surface area (Å²) in [5, 5.41) is 0. The predicted octanol–water partition coefficient (Wildman–Crippen LogP) is 1.96. The lowest BCUT2D eigenvalue weighted by atomic mass is 9.94. The molecule has 0 saturated carbocycles. The molecule has 0 saturated heterocycles. The van der Waals surface area contributed by atoms with E-state index in [0.717, 1.165) is 0 Å². The summed E-state index contributed by atoms with van der Waals surface area (Å²) >= 11 is 0. The highest BCUT2D eigenvalue weighted by Gasteiger charge is 2.41. The number of ether oxygens (including phenoxy) is 2. The molecule has 2 heterocycles. The van der Waals surface area contributed by atoms with Crippen LogP contribution in [0.2, 0.25) is 0 Å². The van der Waals surface area contributed by atoms with Crippen LogP contribution in [-0.4, -0.2) is 47.4 Å². The van der Waals surface area contributed by atoms with Crippen molar-refractivity contribution in [1.29, 1.82) is 0 Å². The predicted molar refractivity (Wildman–Crippen MR) is 130 cm³/mol. The van der Waals surface area contributed by atoms with Gasteiger partial charge in [-0.2, -0.15) is 0 Å². The van der Waals surface area contributed by atoms with Gasteiger partial charge in [-0.15, -0.1) is 0 Å². The molecule has 178 valence electrons. The van der Waals surface area contributed by atoms with Crippen LogP contribution in [0.4, 0.5) is 11.4 Å². The molecule has 10 nitrogen and oxygen atoms in total. The zero-order chi connectivity index (χ0) is 25.4. The van der Waals surface area contributed by atoms with Crippen molar-refractivity contribution in [2.24, 2.45) is 9.98 Å². The maximum atomic E-state index is 13.3. The third kappa shape index (κ3) is 4.11. The molecule has 5 rings (SSSR count). The normalized spacial score (nSPS) is 18.8. The molecule has 2 aliphatic heterocycles. The molecule has 0 amide bonds. The van der Waals surface area contributed by atoms with E-state index in [1.165, 1.54) is 24.3 Å². The second-order valence-corrected chi connectivity index (χ2v) is 8.03. The maximum Gasteiger partial charge on any atom is 0.345 e. The molecule has 0 spiro atoms. The van der Waals surface area contributed by atoms with E-state index in [1.54, 1.807) is 48.5 Å². The molecule has 4 N–H and O–H groups in total. The number of rotatable bonds is 6. The zero-order valence-electron chi connectivity index (χ0n) is 18.6. The first kappa shape index (κ1) is 22.7. The minimum absolute atomic E-state index is 0.0285. The van der Waals surface area contributed by atoms with Crippen molar-refractivity contribution in [3.63, 3.8) is 0 Å². The minimum Gasteiger partial charge on any atom is -0.405 e. The smallest absolute Gasteiger partial charge is 0.345 e. The van der Waals surface area contributed by atoms with Gasteiger partial charge in [0.2, 0.25) is 23.9 Å². The SMILES string of the molecule is Nc1ccc(C2=NC(C(=O)c3ccccc3C(=O)C3N=C(c4ccc(N)cc4)OC3=O)C(=O)O2)cc1. The standard InChI is InChI=1S/C26H18N4O6/c27-15-9-5-13(6-10-15)23-29-19(25(33)35-23)21(31)17-3-1-2-4-18(17)22(32)20-26(34)36-24(30-20)14-7-11-16(28)12-8-14/h1-12,19-20H,27-28H2. The number of nitrogens with zero attached hydrogens (tertiary/aromatic N) is 2. The van der Waals surface area contributed by atoms with E-state index in [-0.39, 0.29) is 22.9 Å². The summed E-state index contributed by atoms with van der Waals surface area (Å²) in [4.78, 5) is 59.8. The highest BCUT2D eigenvalue weighted by molar-refractivity contribution is 6.25. The second kappa shape index (κ2) is 8.91. The summed E-state index contributed by atoms with van der Waals surface area (Å²) in [5.41, 5.74) is 13.1. The molecule has 0 fully saturated rings. The van der Waals surface area contributed by atoms with Gasteiger partial charge in [-0.1, -0.05) is 24.3 Å². The number of hydrogen-bond donors (Lipinski definition) is 2. The van der Waals surface area contributed by atoms with Gasteiger partial charge in [-0.05, 0) is 48.5 Å². The number of Topliss-reactive ketones (excluding diaryl/α,β-unsaturated/α-hetero) is 2. The van der Waals surface area contributed by atoms with E-state index < -0.39 is 35.6 Å². The molecule has 0 aliphatic carbocycles. The number of esters is 2. The Labute approximate surface area is 204 Å². The van der Waals surface area contributed by atoms with Crippen LogP contribution in [0.5, 0.6) is 0 Å². The fourth-order valence-corrected chi connectivity index (χ4v) is 3.75. The Balaban J connectivity index is 1.43. The van der Waals surface area contributed by atoms with Gasteiger partial charge in [-0.3, -0.25) is 9.59 Å². The minimum atomic E-state index is -1.50. The lowest BCUT2D eigenvalue weighted by molar-refractivity contribution is -0.134. The monoisotopic (exact) mass is 482 g/mol. The Morgan fingerprint density at radius 3 is 1.33 bits per heavy atom. The van der Waals surface area contributed by atoms with Gasteiger partial charge in [0.15, 0.2) is 11.6 Å². The average Bonchev–Trinajstić information content (AvgIpc) is 3.46. The Morgan fingerprint density at radius 1 is 0.611 bits per heavy atom. The second-order valence-electron chi connectivity index (χ2n) is 8.03. The molecular weight excluding hydrogens is 464 g/mol. The van der Waals surface area contributed by atoms with Gasteiger partial charge in [-0.25, -0.2) is 19.6 Å². The van der Waals surface area contributed by atoms with Crippen molar-refractivity contribution < 1.29 is 28.7 Å². The Hall–Kier alpha value is -5.12. The summed E-state index contributed by atoms with van der Waals surface area (Å²) < 4.78 is 10.4. The summed E-state index contributed by atoms with van der Waals surface area (Å²) in [5.74, 6) is -3.30. The van der Waals surface area contributed by atoms with Crippen LogP contribution < -0.4 is 11.5 Å². The number of anilines is 2. The van der Waals surface area contributed by atoms with E-state index in [1.807, 2.05) is 0 Å². The average molecular weight is 482 g/mol. The molecule has 2 aliphatic rings. The van der Waals surface area contributed by atoms with Crippen LogP contribution in [0.25, 0.3) is 0 Å². The molecule has 10 heteroatoms. The van der Waals surface area contributed by atoms with Crippen LogP contribution in [0.15, 0.2) is 82.8 Å². The molecule has 3 aromatic rings. The van der Waals surface area contributed by atoms with Gasteiger partial charge in [0.1, 0.15) is 0 Å². The van der Waals surface area contributed by atoms with Crippen molar-refractivity contribution >= 4 is 46.7 Å². The fraction of sp³-hybridized carbons (Fsp3) is 0.0769. The molecule has 0 bridgehead atoms. The van der Waals surface area contributed by atoms with Crippen LogP contribution in [-0.2, 0) is 19.1 Å². The van der Waals surface area contributed by atoms with Crippen LogP contribution in [0, 0.1) is 0 Å². The first-order valence-corrected chi connectivity index (χ1v) is 10.8. The highest BCUT2D eigenvalue weighted by atomic mass is 16.6. The zero-order valence-corrected chi connectivity index (χ0v) is 18.6. The fourth-order valence-electron chi connectivity index (χ4n) is 3.75. The number of ketones is 2. The number of nitrogen functional groups attached to an aromatic ring is 2. The summed E-state index contributed by atoms with van der Waals surface area (Å²) in [6, 6.07) is 15.7. The van der Waals surface area contributed by atoms with E-state index in [4.69, 9.17) is 20.9 Å². The third-order valence-corrected chi connectivity index (χ3v) is 5.60. The summed E-state index contributed by atoms with van der Waals surface area (Å²) in [6.45, 7) is 0. The van der Waals surface area contributed by atoms with Gasteiger partial charge in [0, 0.05) is 33.6 Å². The first-order chi connectivity index (χ1) is 17.3. The topological polar surface area (TPSA) is 163 Å². The number of hydrogen-bond acceptors (Lipinski definition) is 10. The van der Waals surface area contributed by atoms with Gasteiger partial charge < -0.3 is 20.9 Å². The van der Waals surface area contributed by atoms with Crippen LogP contribution >= 0.6 is 0 Å². The lowest BCUT2D eigenvalue weighted by Crippen LogP contribution is -2.30. The third-order valence-electron chi connectivity index (χ3n) is 5.60.